The molecule has 0 amide bonds. The van der Waals surface area contributed by atoms with Crippen LogP contribution in [0.3, 0.4) is 0 Å². The van der Waals surface area contributed by atoms with E-state index in [0.717, 1.165) is 6.92 Å². The lowest BCUT2D eigenvalue weighted by molar-refractivity contribution is -0.134. The number of aliphatic carboxylic acids is 1. The highest BCUT2D eigenvalue weighted by Gasteiger charge is 1.97. The minimum absolute atomic E-state index is 0.0182. The summed E-state index contributed by atoms with van der Waals surface area (Å²) in [4.78, 5) is 12.4. The van der Waals surface area contributed by atoms with Gasteiger partial charge in [0.25, 0.3) is 5.97 Å². The van der Waals surface area contributed by atoms with E-state index in [9.17, 15) is 0 Å². The Morgan fingerprint density at radius 2 is 1.38 bits per heavy atom. The Kier molecular flexibility index (Phi) is 10.7. The molecule has 0 fully saturated rings. The number of nitrogens with zero attached hydrogens (tertiary/aromatic N) is 2. The smallest absolute Gasteiger partial charge is 0.300 e. The highest BCUT2D eigenvalue weighted by Crippen LogP contribution is 1.82. The number of carboxylic acid groups (broad SMARTS) is 1. The predicted molar refractivity (Wildman–Crippen MR) is 47.9 cm³/mol. The molecule has 0 saturated heterocycles. The summed E-state index contributed by atoms with van der Waals surface area (Å²) in [5.41, 5.74) is 0. The van der Waals surface area contributed by atoms with Crippen LogP contribution in [0.25, 0.3) is 0 Å². The maximum atomic E-state index is 9.00. The van der Waals surface area contributed by atoms with Crippen molar-refractivity contribution in [1.29, 1.82) is 0 Å². The Labute approximate surface area is 78.0 Å². The first-order valence-electron chi connectivity index (χ1n) is 3.72. The van der Waals surface area contributed by atoms with E-state index in [0.29, 0.717) is 6.67 Å². The molecular formula is C7H18N2O4. The molecule has 0 aliphatic heterocycles. The molecule has 0 rings (SSSR count). The van der Waals surface area contributed by atoms with Gasteiger partial charge in [0.1, 0.15) is 0 Å². The number of hydrogen-bond acceptors (Lipinski definition) is 5. The van der Waals surface area contributed by atoms with Gasteiger partial charge in [-0.3, -0.25) is 14.6 Å². The van der Waals surface area contributed by atoms with Gasteiger partial charge in [0.05, 0.1) is 20.1 Å². The summed E-state index contributed by atoms with van der Waals surface area (Å²) < 4.78 is 0. The van der Waals surface area contributed by atoms with Crippen molar-refractivity contribution in [2.75, 3.05) is 34.2 Å². The quantitative estimate of drug-likeness (QED) is 0.487. The summed E-state index contributed by atoms with van der Waals surface area (Å²) in [5.74, 6) is -0.833. The van der Waals surface area contributed by atoms with Gasteiger partial charge in [-0.05, 0) is 14.1 Å². The van der Waals surface area contributed by atoms with E-state index < -0.39 is 5.97 Å². The molecule has 0 aromatic heterocycles. The fourth-order valence-corrected chi connectivity index (χ4v) is 0.502. The Bertz CT molecular complexity index is 120. The molecule has 0 radical (unpaired) electrons. The van der Waals surface area contributed by atoms with Gasteiger partial charge >= 0.3 is 0 Å². The number of carboxylic acids is 1. The van der Waals surface area contributed by atoms with E-state index in [2.05, 4.69) is 0 Å². The van der Waals surface area contributed by atoms with Crippen LogP contribution in [0.15, 0.2) is 0 Å². The van der Waals surface area contributed by atoms with Crippen molar-refractivity contribution in [2.24, 2.45) is 0 Å². The summed E-state index contributed by atoms with van der Waals surface area (Å²) in [6.45, 7) is 1.70. The molecular weight excluding hydrogens is 176 g/mol. The van der Waals surface area contributed by atoms with Crippen molar-refractivity contribution in [3.63, 3.8) is 0 Å². The van der Waals surface area contributed by atoms with E-state index in [1.54, 1.807) is 23.9 Å². The molecule has 0 atom stereocenters. The molecule has 0 aliphatic carbocycles. The van der Waals surface area contributed by atoms with Gasteiger partial charge in [-0.1, -0.05) is 0 Å². The van der Waals surface area contributed by atoms with Crippen LogP contribution in [0.5, 0.6) is 0 Å². The standard InChI is InChI=1S/C5H14N2O2.C2H4O2/c1-6(4-8)3-7(2)5-9;1-2(3)4/h8-9H,3-5H2,1-2H3;1H3,(H,3,4). The zero-order valence-corrected chi connectivity index (χ0v) is 8.27. The van der Waals surface area contributed by atoms with E-state index in [4.69, 9.17) is 20.1 Å². The van der Waals surface area contributed by atoms with Crippen molar-refractivity contribution in [3.8, 4) is 0 Å². The molecule has 0 spiro atoms. The molecule has 13 heavy (non-hydrogen) atoms. The lowest BCUT2D eigenvalue weighted by Gasteiger charge is -2.19. The lowest BCUT2D eigenvalue weighted by atomic mass is 10.7. The molecule has 0 aliphatic rings. The summed E-state index contributed by atoms with van der Waals surface area (Å²) >= 11 is 0. The van der Waals surface area contributed by atoms with Crippen LogP contribution >= 0.6 is 0 Å². The molecule has 0 heterocycles. The van der Waals surface area contributed by atoms with Crippen LogP contribution < -0.4 is 0 Å². The highest BCUT2D eigenvalue weighted by atomic mass is 16.4. The minimum atomic E-state index is -0.833. The Morgan fingerprint density at radius 1 is 1.15 bits per heavy atom. The van der Waals surface area contributed by atoms with Crippen LogP contribution in [-0.2, 0) is 4.79 Å². The van der Waals surface area contributed by atoms with E-state index in [1.807, 2.05) is 0 Å². The third-order valence-electron chi connectivity index (χ3n) is 0.966. The normalized spacial score (nSPS) is 9.77. The first kappa shape index (κ1) is 14.8. The SMILES string of the molecule is CC(=O)O.CN(CO)CN(C)CO. The molecule has 0 aromatic rings. The van der Waals surface area contributed by atoms with Gasteiger partial charge in [0.2, 0.25) is 0 Å². The number of aliphatic hydroxyl groups is 2. The van der Waals surface area contributed by atoms with E-state index in [-0.39, 0.29) is 13.5 Å². The number of carbonyl (C=O) groups is 1. The fourth-order valence-electron chi connectivity index (χ4n) is 0.502. The zero-order chi connectivity index (χ0) is 10.9. The molecule has 0 aromatic carbocycles. The first-order chi connectivity index (χ1) is 5.93. The number of rotatable bonds is 4. The maximum absolute atomic E-state index is 9.00. The second-order valence-electron chi connectivity index (χ2n) is 2.66. The van der Waals surface area contributed by atoms with Crippen LogP contribution in [0.1, 0.15) is 6.92 Å². The van der Waals surface area contributed by atoms with Crippen molar-refractivity contribution in [3.05, 3.63) is 0 Å². The molecule has 80 valence electrons. The topological polar surface area (TPSA) is 84.2 Å². The molecule has 6 heteroatoms. The minimum Gasteiger partial charge on any atom is -0.481 e. The second kappa shape index (κ2) is 9.40. The van der Waals surface area contributed by atoms with Crippen LogP contribution in [0.2, 0.25) is 0 Å². The Hall–Kier alpha value is -0.690. The van der Waals surface area contributed by atoms with Crippen LogP contribution in [0.4, 0.5) is 0 Å². The van der Waals surface area contributed by atoms with Crippen molar-refractivity contribution < 1.29 is 20.1 Å². The molecule has 0 saturated carbocycles. The van der Waals surface area contributed by atoms with Gasteiger partial charge in [-0.2, -0.15) is 0 Å². The van der Waals surface area contributed by atoms with Crippen molar-refractivity contribution in [2.45, 2.75) is 6.92 Å². The fraction of sp³-hybridized carbons (Fsp3) is 0.857. The predicted octanol–water partition coefficient (Wildman–Crippen LogP) is -1.20. The van der Waals surface area contributed by atoms with Gasteiger partial charge in [0.15, 0.2) is 0 Å². The summed E-state index contributed by atoms with van der Waals surface area (Å²) in [5, 5.41) is 24.4. The second-order valence-corrected chi connectivity index (χ2v) is 2.66. The van der Waals surface area contributed by atoms with Gasteiger partial charge in [-0.15, -0.1) is 0 Å². The van der Waals surface area contributed by atoms with Crippen LogP contribution in [-0.4, -0.2) is 65.3 Å². The monoisotopic (exact) mass is 194 g/mol. The Morgan fingerprint density at radius 3 is 1.54 bits per heavy atom. The summed E-state index contributed by atoms with van der Waals surface area (Å²) in [6, 6.07) is 0. The third-order valence-corrected chi connectivity index (χ3v) is 0.966. The lowest BCUT2D eigenvalue weighted by Crippen LogP contribution is -2.33. The van der Waals surface area contributed by atoms with Crippen molar-refractivity contribution in [1.82, 2.24) is 9.80 Å². The molecule has 0 bridgehead atoms. The first-order valence-corrected chi connectivity index (χ1v) is 3.72. The van der Waals surface area contributed by atoms with Gasteiger partial charge in [0, 0.05) is 6.92 Å². The largest absolute Gasteiger partial charge is 0.481 e. The van der Waals surface area contributed by atoms with Crippen molar-refractivity contribution >= 4 is 5.97 Å². The summed E-state index contributed by atoms with van der Waals surface area (Å²) in [6.07, 6.45) is 0. The average Bonchev–Trinajstić information content (AvgIpc) is 2.03. The summed E-state index contributed by atoms with van der Waals surface area (Å²) in [7, 11) is 3.54. The Balaban J connectivity index is 0. The molecule has 0 unspecified atom stereocenters. The third kappa shape index (κ3) is 18.3. The molecule has 3 N–H and O–H groups in total. The maximum Gasteiger partial charge on any atom is 0.300 e. The van der Waals surface area contributed by atoms with Gasteiger partial charge in [-0.25, -0.2) is 0 Å². The number of aliphatic hydroxyl groups excluding tert-OH is 2. The average molecular weight is 194 g/mol. The highest BCUT2D eigenvalue weighted by molar-refractivity contribution is 5.62. The zero-order valence-electron chi connectivity index (χ0n) is 8.27. The van der Waals surface area contributed by atoms with Gasteiger partial charge < -0.3 is 15.3 Å². The van der Waals surface area contributed by atoms with Crippen LogP contribution in [0, 0.1) is 0 Å². The van der Waals surface area contributed by atoms with E-state index >= 15 is 0 Å². The van der Waals surface area contributed by atoms with E-state index in [1.165, 1.54) is 0 Å². The number of hydrogen-bond donors (Lipinski definition) is 3. The molecule has 6 nitrogen and oxygen atoms in total.